The monoisotopic (exact) mass is 234 g/mol. The Kier molecular flexibility index (Phi) is 3.53. The van der Waals surface area contributed by atoms with E-state index in [1.165, 1.54) is 5.56 Å². The number of nitrogens with zero attached hydrogens (tertiary/aromatic N) is 5. The van der Waals surface area contributed by atoms with E-state index in [4.69, 9.17) is 0 Å². The summed E-state index contributed by atoms with van der Waals surface area (Å²) in [4.78, 5) is 4.23. The molecule has 2 aromatic rings. The molecule has 0 saturated heterocycles. The van der Waals surface area contributed by atoms with Gasteiger partial charge in [0.25, 0.3) is 0 Å². The number of nitrogens with one attached hydrogen (secondary N) is 1. The zero-order chi connectivity index (χ0) is 12.3. The summed E-state index contributed by atoms with van der Waals surface area (Å²) < 4.78 is 3.77. The molecule has 0 spiro atoms. The Balaban J connectivity index is 2.11. The van der Waals surface area contributed by atoms with Crippen molar-refractivity contribution in [2.45, 2.75) is 33.0 Å². The quantitative estimate of drug-likeness (QED) is 0.832. The standard InChI is InChI=1S/C11H18N6/c1-4-17-11(13-8-15-17)7-16-6-10(5-14-16)9(2)12-3/h5-6,8-9,12H,4,7H2,1-3H3. The first-order chi connectivity index (χ1) is 8.24. The lowest BCUT2D eigenvalue weighted by atomic mass is 10.2. The molecule has 0 fully saturated rings. The van der Waals surface area contributed by atoms with Crippen LogP contribution in [-0.4, -0.2) is 31.6 Å². The summed E-state index contributed by atoms with van der Waals surface area (Å²) in [6.07, 6.45) is 5.50. The molecule has 0 aliphatic carbocycles. The maximum absolute atomic E-state index is 4.33. The molecule has 0 aromatic carbocycles. The summed E-state index contributed by atoms with van der Waals surface area (Å²) >= 11 is 0. The first-order valence-corrected chi connectivity index (χ1v) is 5.81. The highest BCUT2D eigenvalue weighted by Gasteiger charge is 2.08. The van der Waals surface area contributed by atoms with Gasteiger partial charge in [-0.3, -0.25) is 4.68 Å². The zero-order valence-electron chi connectivity index (χ0n) is 10.5. The van der Waals surface area contributed by atoms with Crippen molar-refractivity contribution in [3.05, 3.63) is 30.1 Å². The number of aryl methyl sites for hydroxylation is 1. The lowest BCUT2D eigenvalue weighted by molar-refractivity contribution is 0.566. The molecule has 6 heteroatoms. The Hall–Kier alpha value is -1.69. The van der Waals surface area contributed by atoms with Crippen LogP contribution in [0.5, 0.6) is 0 Å². The van der Waals surface area contributed by atoms with Gasteiger partial charge in [-0.2, -0.15) is 10.2 Å². The highest BCUT2D eigenvalue weighted by Crippen LogP contribution is 2.10. The van der Waals surface area contributed by atoms with Gasteiger partial charge in [-0.15, -0.1) is 0 Å². The minimum atomic E-state index is 0.313. The van der Waals surface area contributed by atoms with Crippen molar-refractivity contribution in [2.24, 2.45) is 0 Å². The van der Waals surface area contributed by atoms with Crippen LogP contribution in [0.2, 0.25) is 0 Å². The highest BCUT2D eigenvalue weighted by atomic mass is 15.4. The number of hydrogen-bond donors (Lipinski definition) is 1. The van der Waals surface area contributed by atoms with Crippen molar-refractivity contribution in [1.82, 2.24) is 29.9 Å². The summed E-state index contributed by atoms with van der Waals surface area (Å²) in [5.74, 6) is 0.930. The van der Waals surface area contributed by atoms with Crippen molar-refractivity contribution in [1.29, 1.82) is 0 Å². The minimum Gasteiger partial charge on any atom is -0.313 e. The van der Waals surface area contributed by atoms with Crippen LogP contribution in [0.1, 0.15) is 31.3 Å². The molecule has 1 atom stereocenters. The largest absolute Gasteiger partial charge is 0.313 e. The van der Waals surface area contributed by atoms with E-state index in [9.17, 15) is 0 Å². The maximum Gasteiger partial charge on any atom is 0.148 e. The fraction of sp³-hybridized carbons (Fsp3) is 0.545. The fourth-order valence-electron chi connectivity index (χ4n) is 1.68. The number of rotatable bonds is 5. The molecule has 0 amide bonds. The third-order valence-electron chi connectivity index (χ3n) is 2.88. The molecule has 92 valence electrons. The van der Waals surface area contributed by atoms with Gasteiger partial charge >= 0.3 is 0 Å². The van der Waals surface area contributed by atoms with Crippen molar-refractivity contribution in [3.8, 4) is 0 Å². The van der Waals surface area contributed by atoms with Crippen LogP contribution in [0.4, 0.5) is 0 Å². The van der Waals surface area contributed by atoms with Crippen molar-refractivity contribution in [3.63, 3.8) is 0 Å². The van der Waals surface area contributed by atoms with Gasteiger partial charge in [-0.25, -0.2) is 9.67 Å². The van der Waals surface area contributed by atoms with Crippen molar-refractivity contribution < 1.29 is 0 Å². The molecule has 1 unspecified atom stereocenters. The van der Waals surface area contributed by atoms with E-state index >= 15 is 0 Å². The van der Waals surface area contributed by atoms with Crippen molar-refractivity contribution >= 4 is 0 Å². The van der Waals surface area contributed by atoms with Crippen LogP contribution < -0.4 is 5.32 Å². The van der Waals surface area contributed by atoms with Gasteiger partial charge in [-0.05, 0) is 20.9 Å². The second-order valence-electron chi connectivity index (χ2n) is 3.97. The van der Waals surface area contributed by atoms with Gasteiger partial charge in [0.05, 0.1) is 6.20 Å². The Morgan fingerprint density at radius 1 is 1.41 bits per heavy atom. The molecule has 2 aromatic heterocycles. The number of aromatic nitrogens is 5. The molecule has 0 saturated carbocycles. The first kappa shape index (κ1) is 11.8. The average molecular weight is 234 g/mol. The molecule has 2 rings (SSSR count). The van der Waals surface area contributed by atoms with E-state index in [0.717, 1.165) is 12.4 Å². The van der Waals surface area contributed by atoms with Gasteiger partial charge in [-0.1, -0.05) is 0 Å². The Morgan fingerprint density at radius 2 is 2.24 bits per heavy atom. The van der Waals surface area contributed by atoms with Crippen LogP contribution in [0, 0.1) is 0 Å². The van der Waals surface area contributed by atoms with E-state index < -0.39 is 0 Å². The van der Waals surface area contributed by atoms with Crippen LogP contribution in [0.25, 0.3) is 0 Å². The predicted octanol–water partition coefficient (Wildman–Crippen LogP) is 0.823. The number of hydrogen-bond acceptors (Lipinski definition) is 4. The molecule has 0 aliphatic heterocycles. The lowest BCUT2D eigenvalue weighted by Gasteiger charge is -2.06. The van der Waals surface area contributed by atoms with Gasteiger partial charge in [0.1, 0.15) is 18.7 Å². The van der Waals surface area contributed by atoms with Crippen LogP contribution in [0.15, 0.2) is 18.7 Å². The molecule has 17 heavy (non-hydrogen) atoms. The summed E-state index contributed by atoms with van der Waals surface area (Å²) in [6.45, 7) is 5.65. The van der Waals surface area contributed by atoms with E-state index in [-0.39, 0.29) is 0 Å². The molecular weight excluding hydrogens is 216 g/mol. The smallest absolute Gasteiger partial charge is 0.148 e. The lowest BCUT2D eigenvalue weighted by Crippen LogP contribution is -2.12. The second-order valence-corrected chi connectivity index (χ2v) is 3.97. The second kappa shape index (κ2) is 5.09. The Morgan fingerprint density at radius 3 is 2.94 bits per heavy atom. The van der Waals surface area contributed by atoms with Crippen LogP contribution in [-0.2, 0) is 13.1 Å². The van der Waals surface area contributed by atoms with Gasteiger partial charge in [0, 0.05) is 24.3 Å². The molecule has 2 heterocycles. The zero-order valence-corrected chi connectivity index (χ0v) is 10.5. The summed E-state index contributed by atoms with van der Waals surface area (Å²) in [6, 6.07) is 0.313. The normalized spacial score (nSPS) is 12.9. The third-order valence-corrected chi connectivity index (χ3v) is 2.88. The minimum absolute atomic E-state index is 0.313. The van der Waals surface area contributed by atoms with E-state index in [1.807, 2.05) is 28.8 Å². The van der Waals surface area contributed by atoms with Crippen LogP contribution >= 0.6 is 0 Å². The first-order valence-electron chi connectivity index (χ1n) is 5.81. The van der Waals surface area contributed by atoms with Gasteiger partial charge in [0.15, 0.2) is 0 Å². The highest BCUT2D eigenvalue weighted by molar-refractivity contribution is 5.09. The third kappa shape index (κ3) is 2.52. The van der Waals surface area contributed by atoms with Crippen molar-refractivity contribution in [2.75, 3.05) is 7.05 Å². The Labute approximate surface area is 101 Å². The predicted molar refractivity (Wildman–Crippen MR) is 64.5 cm³/mol. The molecule has 1 N–H and O–H groups in total. The molecule has 0 radical (unpaired) electrons. The van der Waals surface area contributed by atoms with Gasteiger partial charge in [0.2, 0.25) is 0 Å². The van der Waals surface area contributed by atoms with E-state index in [0.29, 0.717) is 12.6 Å². The SMILES string of the molecule is CCn1ncnc1Cn1cc(C(C)NC)cn1. The summed E-state index contributed by atoms with van der Waals surface area (Å²) in [5.41, 5.74) is 1.18. The fourth-order valence-corrected chi connectivity index (χ4v) is 1.68. The summed E-state index contributed by atoms with van der Waals surface area (Å²) in [7, 11) is 1.94. The molecule has 6 nitrogen and oxygen atoms in total. The Bertz CT molecular complexity index is 472. The van der Waals surface area contributed by atoms with E-state index in [2.05, 4.69) is 34.3 Å². The molecular formula is C11H18N6. The molecule has 0 aliphatic rings. The van der Waals surface area contributed by atoms with Gasteiger partial charge < -0.3 is 5.32 Å². The topological polar surface area (TPSA) is 60.6 Å². The molecule has 0 bridgehead atoms. The van der Waals surface area contributed by atoms with Crippen LogP contribution in [0.3, 0.4) is 0 Å². The average Bonchev–Trinajstić information content (AvgIpc) is 2.97. The van der Waals surface area contributed by atoms with E-state index in [1.54, 1.807) is 6.33 Å². The summed E-state index contributed by atoms with van der Waals surface area (Å²) in [5, 5.41) is 11.7. The maximum atomic E-state index is 4.33.